The van der Waals surface area contributed by atoms with Gasteiger partial charge in [-0.25, -0.2) is 4.39 Å². The predicted molar refractivity (Wildman–Crippen MR) is 68.7 cm³/mol. The lowest BCUT2D eigenvalue weighted by atomic mass is 10.1. The molecule has 0 aliphatic heterocycles. The minimum atomic E-state index is -0.356. The molecular formula is C12H7ClFNS. The maximum absolute atomic E-state index is 13.9. The molecule has 1 nitrogen and oxygen atoms in total. The monoisotopic (exact) mass is 251 g/mol. The van der Waals surface area contributed by atoms with Gasteiger partial charge in [0.15, 0.2) is 5.82 Å². The highest BCUT2D eigenvalue weighted by atomic mass is 35.5. The fourth-order valence-electron chi connectivity index (χ4n) is 1.83. The molecule has 2 aromatic carbocycles. The van der Waals surface area contributed by atoms with Gasteiger partial charge in [-0.2, -0.15) is 0 Å². The lowest BCUT2D eigenvalue weighted by Crippen LogP contribution is -1.89. The normalized spacial score (nSPS) is 11.4. The minimum Gasteiger partial charge on any atom is -0.396 e. The number of nitrogens with two attached hydrogens (primary N) is 1. The third kappa shape index (κ3) is 1.22. The molecule has 0 spiro atoms. The van der Waals surface area contributed by atoms with Crippen LogP contribution in [-0.4, -0.2) is 0 Å². The molecule has 0 unspecified atom stereocenters. The highest BCUT2D eigenvalue weighted by molar-refractivity contribution is 7.26. The van der Waals surface area contributed by atoms with Crippen LogP contribution in [0.3, 0.4) is 0 Å². The molecule has 1 heterocycles. The zero-order valence-corrected chi connectivity index (χ0v) is 9.70. The summed E-state index contributed by atoms with van der Waals surface area (Å²) in [6, 6.07) is 8.90. The van der Waals surface area contributed by atoms with Gasteiger partial charge in [0.2, 0.25) is 0 Å². The van der Waals surface area contributed by atoms with E-state index in [1.807, 2.05) is 18.2 Å². The van der Waals surface area contributed by atoms with Gasteiger partial charge in [-0.05, 0) is 18.2 Å². The summed E-state index contributed by atoms with van der Waals surface area (Å²) < 4.78 is 15.7. The Labute approximate surface area is 100 Å². The molecule has 2 N–H and O–H groups in total. The second-order valence-corrected chi connectivity index (χ2v) is 5.02. The number of hydrogen-bond donors (Lipinski definition) is 1. The van der Waals surface area contributed by atoms with Gasteiger partial charge in [0.25, 0.3) is 0 Å². The number of halogens is 2. The number of thiophene rings is 1. The van der Waals surface area contributed by atoms with Crippen LogP contribution >= 0.6 is 22.9 Å². The first-order chi connectivity index (χ1) is 7.68. The van der Waals surface area contributed by atoms with E-state index < -0.39 is 0 Å². The van der Waals surface area contributed by atoms with Crippen molar-refractivity contribution in [2.24, 2.45) is 0 Å². The quantitative estimate of drug-likeness (QED) is 0.588. The lowest BCUT2D eigenvalue weighted by molar-refractivity contribution is 0.645. The van der Waals surface area contributed by atoms with Gasteiger partial charge < -0.3 is 5.73 Å². The first kappa shape index (κ1) is 9.87. The molecule has 1 aromatic heterocycles. The topological polar surface area (TPSA) is 26.0 Å². The molecule has 0 aliphatic rings. The maximum Gasteiger partial charge on any atom is 0.155 e. The number of hydrogen-bond acceptors (Lipinski definition) is 2. The van der Waals surface area contributed by atoms with Crippen molar-refractivity contribution in [3.05, 3.63) is 41.2 Å². The van der Waals surface area contributed by atoms with E-state index in [4.69, 9.17) is 17.3 Å². The Kier molecular flexibility index (Phi) is 2.06. The van der Waals surface area contributed by atoms with Crippen LogP contribution in [0.5, 0.6) is 0 Å². The molecular weight excluding hydrogens is 245 g/mol. The van der Waals surface area contributed by atoms with Gasteiger partial charge in [-0.15, -0.1) is 11.3 Å². The van der Waals surface area contributed by atoms with E-state index in [1.54, 1.807) is 12.1 Å². The highest BCUT2D eigenvalue weighted by Gasteiger charge is 2.13. The van der Waals surface area contributed by atoms with Crippen LogP contribution in [0.4, 0.5) is 10.1 Å². The maximum atomic E-state index is 13.9. The molecule has 0 aliphatic carbocycles. The molecule has 4 heteroatoms. The van der Waals surface area contributed by atoms with Gasteiger partial charge in [-0.3, -0.25) is 0 Å². The van der Waals surface area contributed by atoms with Crippen molar-refractivity contribution >= 4 is 48.8 Å². The van der Waals surface area contributed by atoms with Crippen LogP contribution in [0.25, 0.3) is 20.2 Å². The number of rotatable bonds is 0. The van der Waals surface area contributed by atoms with Crippen molar-refractivity contribution in [1.82, 2.24) is 0 Å². The number of fused-ring (bicyclic) bond motifs is 3. The van der Waals surface area contributed by atoms with E-state index >= 15 is 0 Å². The summed E-state index contributed by atoms with van der Waals surface area (Å²) in [4.78, 5) is 0. The van der Waals surface area contributed by atoms with Crippen molar-refractivity contribution in [2.75, 3.05) is 5.73 Å². The summed E-state index contributed by atoms with van der Waals surface area (Å²) in [5.41, 5.74) is 5.74. The largest absolute Gasteiger partial charge is 0.396 e. The van der Waals surface area contributed by atoms with Crippen molar-refractivity contribution in [3.8, 4) is 0 Å². The summed E-state index contributed by atoms with van der Waals surface area (Å²) in [6.45, 7) is 0. The van der Waals surface area contributed by atoms with Crippen LogP contribution in [0.15, 0.2) is 30.3 Å². The Morgan fingerprint density at radius 1 is 1.19 bits per heavy atom. The number of benzene rings is 2. The fourth-order valence-corrected chi connectivity index (χ4v) is 3.22. The minimum absolute atomic E-state index is 0.173. The Morgan fingerprint density at radius 3 is 2.81 bits per heavy atom. The van der Waals surface area contributed by atoms with E-state index in [0.717, 1.165) is 14.8 Å². The second-order valence-electron chi connectivity index (χ2n) is 3.56. The summed E-state index contributed by atoms with van der Waals surface area (Å²) in [5, 5.41) is 2.05. The summed E-state index contributed by atoms with van der Waals surface area (Å²) >= 11 is 7.56. The first-order valence-electron chi connectivity index (χ1n) is 4.73. The molecule has 0 amide bonds. The standard InChI is InChI=1S/C12H7ClFNS/c13-7-3-1-2-6-10-9(16-12(6)7)5-4-8(15)11(10)14/h1-5H,15H2. The highest BCUT2D eigenvalue weighted by Crippen LogP contribution is 2.40. The zero-order chi connectivity index (χ0) is 11.3. The van der Waals surface area contributed by atoms with E-state index in [9.17, 15) is 4.39 Å². The first-order valence-corrected chi connectivity index (χ1v) is 5.92. The zero-order valence-electron chi connectivity index (χ0n) is 8.13. The van der Waals surface area contributed by atoms with Crippen molar-refractivity contribution in [1.29, 1.82) is 0 Å². The lowest BCUT2D eigenvalue weighted by Gasteiger charge is -1.98. The van der Waals surface area contributed by atoms with E-state index in [-0.39, 0.29) is 11.5 Å². The van der Waals surface area contributed by atoms with E-state index in [1.165, 1.54) is 11.3 Å². The van der Waals surface area contributed by atoms with Gasteiger partial charge in [0.05, 0.1) is 15.4 Å². The Morgan fingerprint density at radius 2 is 2.00 bits per heavy atom. The molecule has 0 bridgehead atoms. The number of anilines is 1. The Hall–Kier alpha value is -1.32. The van der Waals surface area contributed by atoms with Gasteiger partial charge in [0.1, 0.15) is 0 Å². The predicted octanol–water partition coefficient (Wildman–Crippen LogP) is 4.43. The summed E-state index contributed by atoms with van der Waals surface area (Å²) in [7, 11) is 0. The van der Waals surface area contributed by atoms with Crippen LogP contribution in [0.1, 0.15) is 0 Å². The molecule has 0 radical (unpaired) electrons. The molecule has 0 saturated heterocycles. The van der Waals surface area contributed by atoms with E-state index in [2.05, 4.69) is 0 Å². The van der Waals surface area contributed by atoms with Crippen molar-refractivity contribution in [2.45, 2.75) is 0 Å². The van der Waals surface area contributed by atoms with Crippen LogP contribution in [-0.2, 0) is 0 Å². The average molecular weight is 252 g/mol. The summed E-state index contributed by atoms with van der Waals surface area (Å²) in [5.74, 6) is -0.356. The van der Waals surface area contributed by atoms with Crippen LogP contribution in [0, 0.1) is 5.82 Å². The SMILES string of the molecule is Nc1ccc2sc3c(Cl)cccc3c2c1F. The van der Waals surface area contributed by atoms with Crippen LogP contribution in [0.2, 0.25) is 5.02 Å². The third-order valence-corrected chi connectivity index (χ3v) is 4.21. The molecule has 80 valence electrons. The van der Waals surface area contributed by atoms with Gasteiger partial charge >= 0.3 is 0 Å². The second kappa shape index (κ2) is 3.34. The van der Waals surface area contributed by atoms with Crippen molar-refractivity contribution < 1.29 is 4.39 Å². The van der Waals surface area contributed by atoms with E-state index in [0.29, 0.717) is 10.4 Å². The van der Waals surface area contributed by atoms with Gasteiger partial charge in [-0.1, -0.05) is 23.7 Å². The average Bonchev–Trinajstić information content (AvgIpc) is 2.64. The smallest absolute Gasteiger partial charge is 0.155 e. The number of nitrogen functional groups attached to an aromatic ring is 1. The van der Waals surface area contributed by atoms with Crippen molar-refractivity contribution in [3.63, 3.8) is 0 Å². The molecule has 3 rings (SSSR count). The third-order valence-electron chi connectivity index (χ3n) is 2.58. The molecule has 3 aromatic rings. The summed E-state index contributed by atoms with van der Waals surface area (Å²) in [6.07, 6.45) is 0. The molecule has 0 saturated carbocycles. The molecule has 0 atom stereocenters. The Bertz CT molecular complexity index is 705. The Balaban J connectivity index is 2.63. The van der Waals surface area contributed by atoms with Gasteiger partial charge in [0, 0.05) is 15.5 Å². The molecule has 0 fully saturated rings. The fraction of sp³-hybridized carbons (Fsp3) is 0. The van der Waals surface area contributed by atoms with Crippen LogP contribution < -0.4 is 5.73 Å². The molecule has 16 heavy (non-hydrogen) atoms.